The number of nitrogens with one attached hydrogen (secondary N) is 1. The number of hydrogen-bond acceptors (Lipinski definition) is 5. The number of rotatable bonds is 7. The van der Waals surface area contributed by atoms with Crippen molar-refractivity contribution in [3.8, 4) is 0 Å². The minimum absolute atomic E-state index is 0.182. The topological polar surface area (TPSA) is 92.5 Å². The van der Waals surface area contributed by atoms with E-state index in [1.165, 1.54) is 11.9 Å². The second-order valence-electron chi connectivity index (χ2n) is 6.34. The van der Waals surface area contributed by atoms with E-state index in [4.69, 9.17) is 16.1 Å². The zero-order valence-electron chi connectivity index (χ0n) is 15.8. The lowest BCUT2D eigenvalue weighted by Gasteiger charge is -2.17. The van der Waals surface area contributed by atoms with Crippen molar-refractivity contribution in [2.45, 2.75) is 37.9 Å². The second-order valence-corrected chi connectivity index (χ2v) is 8.51. The molecule has 2 rings (SSSR count). The quantitative estimate of drug-likeness (QED) is 0.694. The molecule has 1 aromatic heterocycles. The van der Waals surface area contributed by atoms with Gasteiger partial charge in [0.2, 0.25) is 15.9 Å². The molecule has 7 nitrogen and oxygen atoms in total. The maximum absolute atomic E-state index is 12.9. The summed E-state index contributed by atoms with van der Waals surface area (Å²) in [6.45, 7) is 3.40. The molecule has 0 saturated heterocycles. The Bertz CT molecular complexity index is 986. The van der Waals surface area contributed by atoms with Crippen molar-refractivity contribution in [2.75, 3.05) is 13.6 Å². The highest BCUT2D eigenvalue weighted by atomic mass is 35.5. The number of aromatic nitrogens is 1. The Balaban J connectivity index is 1.99. The summed E-state index contributed by atoms with van der Waals surface area (Å²) in [7, 11) is -2.71. The summed E-state index contributed by atoms with van der Waals surface area (Å²) >= 11 is 5.50. The van der Waals surface area contributed by atoms with Crippen molar-refractivity contribution >= 4 is 27.5 Å². The summed E-state index contributed by atoms with van der Waals surface area (Å²) in [5.74, 6) is 0.214. The van der Waals surface area contributed by atoms with E-state index >= 15 is 0 Å². The van der Waals surface area contributed by atoms with Crippen LogP contribution in [-0.2, 0) is 27.5 Å². The molecule has 160 valence electrons. The molecule has 0 saturated carbocycles. The number of sulfonamides is 1. The molecular weight excluding hydrogens is 435 g/mol. The number of halogens is 4. The summed E-state index contributed by atoms with van der Waals surface area (Å²) in [5.41, 5.74) is 0.144. The lowest BCUT2D eigenvalue weighted by atomic mass is 10.2. The van der Waals surface area contributed by atoms with Crippen LogP contribution in [0.4, 0.5) is 13.2 Å². The molecule has 1 amide bonds. The Labute approximate surface area is 170 Å². The Morgan fingerprint density at radius 2 is 1.97 bits per heavy atom. The molecule has 0 aliphatic rings. The normalized spacial score (nSPS) is 12.2. The van der Waals surface area contributed by atoms with Gasteiger partial charge in [0.05, 0.1) is 27.7 Å². The van der Waals surface area contributed by atoms with E-state index < -0.39 is 31.7 Å². The molecule has 1 aromatic carbocycles. The molecule has 0 spiro atoms. The van der Waals surface area contributed by atoms with Gasteiger partial charge in [-0.05, 0) is 32.0 Å². The third-order valence-electron chi connectivity index (χ3n) is 4.19. The van der Waals surface area contributed by atoms with Gasteiger partial charge in [-0.1, -0.05) is 16.8 Å². The number of nitrogens with zero attached hydrogens (tertiary/aromatic N) is 2. The Kier molecular flexibility index (Phi) is 6.97. The van der Waals surface area contributed by atoms with E-state index in [0.717, 1.165) is 17.7 Å². The van der Waals surface area contributed by atoms with Crippen LogP contribution in [0.5, 0.6) is 0 Å². The molecule has 29 heavy (non-hydrogen) atoms. The number of carbonyl (C=O) groups excluding carboxylic acids is 1. The van der Waals surface area contributed by atoms with Crippen molar-refractivity contribution in [1.82, 2.24) is 14.8 Å². The number of carbonyl (C=O) groups is 1. The van der Waals surface area contributed by atoms with Gasteiger partial charge in [-0.15, -0.1) is 0 Å². The lowest BCUT2D eigenvalue weighted by Crippen LogP contribution is -2.32. The minimum atomic E-state index is -4.79. The maximum Gasteiger partial charge on any atom is 0.417 e. The van der Waals surface area contributed by atoms with Crippen LogP contribution in [-0.4, -0.2) is 38.0 Å². The first-order valence-electron chi connectivity index (χ1n) is 8.35. The van der Waals surface area contributed by atoms with Crippen molar-refractivity contribution in [1.29, 1.82) is 0 Å². The summed E-state index contributed by atoms with van der Waals surface area (Å²) < 4.78 is 70.4. The van der Waals surface area contributed by atoms with E-state index in [-0.39, 0.29) is 25.4 Å². The molecule has 0 aliphatic heterocycles. The van der Waals surface area contributed by atoms with Crippen LogP contribution in [0.25, 0.3) is 0 Å². The van der Waals surface area contributed by atoms with Crippen LogP contribution in [0.15, 0.2) is 27.6 Å². The lowest BCUT2D eigenvalue weighted by molar-refractivity contribution is -0.137. The zero-order valence-corrected chi connectivity index (χ0v) is 17.4. The first kappa shape index (κ1) is 23.2. The van der Waals surface area contributed by atoms with E-state index in [1.54, 1.807) is 13.8 Å². The molecule has 0 atom stereocenters. The fourth-order valence-corrected chi connectivity index (χ4v) is 3.79. The first-order valence-corrected chi connectivity index (χ1v) is 10.2. The fourth-order valence-electron chi connectivity index (χ4n) is 2.51. The fraction of sp³-hybridized carbons (Fsp3) is 0.412. The largest absolute Gasteiger partial charge is 0.417 e. The van der Waals surface area contributed by atoms with E-state index in [0.29, 0.717) is 17.5 Å². The number of alkyl halides is 3. The zero-order chi connectivity index (χ0) is 22.0. The van der Waals surface area contributed by atoms with E-state index in [9.17, 15) is 26.4 Å². The molecule has 0 fully saturated rings. The minimum Gasteiger partial charge on any atom is -0.361 e. The van der Waals surface area contributed by atoms with Gasteiger partial charge >= 0.3 is 6.18 Å². The monoisotopic (exact) mass is 453 g/mol. The van der Waals surface area contributed by atoms with Gasteiger partial charge in [0.15, 0.2) is 0 Å². The smallest absolute Gasteiger partial charge is 0.361 e. The summed E-state index contributed by atoms with van der Waals surface area (Å²) in [5, 5.41) is 3.19. The van der Waals surface area contributed by atoms with Crippen molar-refractivity contribution < 1.29 is 30.9 Å². The second kappa shape index (κ2) is 8.72. The first-order chi connectivity index (χ1) is 13.3. The molecule has 0 unspecified atom stereocenters. The maximum atomic E-state index is 12.9. The van der Waals surface area contributed by atoms with E-state index in [2.05, 4.69) is 9.88 Å². The highest BCUT2D eigenvalue weighted by Gasteiger charge is 2.34. The van der Waals surface area contributed by atoms with Crippen LogP contribution in [0, 0.1) is 13.8 Å². The molecule has 0 aliphatic carbocycles. The van der Waals surface area contributed by atoms with Crippen LogP contribution in [0.1, 0.15) is 29.0 Å². The Morgan fingerprint density at radius 1 is 1.31 bits per heavy atom. The van der Waals surface area contributed by atoms with Crippen molar-refractivity contribution in [2.24, 2.45) is 0 Å². The number of amides is 1. The van der Waals surface area contributed by atoms with Gasteiger partial charge in [-0.3, -0.25) is 4.79 Å². The van der Waals surface area contributed by atoms with Crippen LogP contribution in [0.3, 0.4) is 0 Å². The third kappa shape index (κ3) is 5.71. The van der Waals surface area contributed by atoms with E-state index in [1.807, 2.05) is 0 Å². The van der Waals surface area contributed by atoms with Crippen molar-refractivity contribution in [3.63, 3.8) is 0 Å². The van der Waals surface area contributed by atoms with Gasteiger partial charge in [-0.2, -0.15) is 13.2 Å². The van der Waals surface area contributed by atoms with Gasteiger partial charge in [0.25, 0.3) is 0 Å². The van der Waals surface area contributed by atoms with Gasteiger partial charge in [0, 0.05) is 25.6 Å². The molecule has 1 N–H and O–H groups in total. The van der Waals surface area contributed by atoms with Crippen LogP contribution < -0.4 is 4.72 Å². The molecule has 12 heteroatoms. The van der Waals surface area contributed by atoms with Crippen LogP contribution in [0.2, 0.25) is 5.02 Å². The Hall–Kier alpha value is -2.11. The van der Waals surface area contributed by atoms with Crippen LogP contribution >= 0.6 is 11.6 Å². The third-order valence-corrected chi connectivity index (χ3v) is 5.98. The highest BCUT2D eigenvalue weighted by molar-refractivity contribution is 7.89. The van der Waals surface area contributed by atoms with Gasteiger partial charge in [-0.25, -0.2) is 13.1 Å². The SMILES string of the molecule is Cc1noc(C)c1CN(C)C(=O)CCNS(=O)(=O)c1ccc(Cl)c(C(F)(F)F)c1. The average Bonchev–Trinajstić information content (AvgIpc) is 2.92. The standard InChI is InChI=1S/C17H19ClF3N3O4S/c1-10-13(11(2)28-23-10)9-24(3)16(25)6-7-22-29(26,27)12-4-5-15(18)14(8-12)17(19,20)21/h4-5,8,22H,6-7,9H2,1-3H3. The van der Waals surface area contributed by atoms with Crippen molar-refractivity contribution in [3.05, 3.63) is 45.8 Å². The van der Waals surface area contributed by atoms with Gasteiger partial charge in [0.1, 0.15) is 5.76 Å². The average molecular weight is 454 g/mol. The number of benzene rings is 1. The predicted octanol–water partition coefficient (Wildman–Crippen LogP) is 3.29. The predicted molar refractivity (Wildman–Crippen MR) is 98.7 cm³/mol. The summed E-state index contributed by atoms with van der Waals surface area (Å²) in [6.07, 6.45) is -4.97. The highest BCUT2D eigenvalue weighted by Crippen LogP contribution is 2.35. The summed E-state index contributed by atoms with van der Waals surface area (Å²) in [4.78, 5) is 13.0. The Morgan fingerprint density at radius 3 is 2.52 bits per heavy atom. The summed E-state index contributed by atoms with van der Waals surface area (Å²) in [6, 6.07) is 2.28. The number of hydrogen-bond donors (Lipinski definition) is 1. The number of aryl methyl sites for hydroxylation is 2. The molecule has 2 aromatic rings. The molecule has 0 bridgehead atoms. The van der Waals surface area contributed by atoms with Gasteiger partial charge < -0.3 is 9.42 Å². The molecule has 0 radical (unpaired) electrons. The molecule has 1 heterocycles. The molecular formula is C17H19ClF3N3O4S.